The van der Waals surface area contributed by atoms with E-state index in [2.05, 4.69) is 10.4 Å². The topological polar surface area (TPSA) is 72.9 Å². The molecule has 1 unspecified atom stereocenters. The van der Waals surface area contributed by atoms with Gasteiger partial charge in [0.15, 0.2) is 0 Å². The molecule has 1 aromatic rings. The number of nitrogens with two attached hydrogens (primary N) is 1. The molecule has 0 bridgehead atoms. The SMILES string of the molecule is CCCC(N)C(=O)NCCc1c(C)nn(C)c1C.Cl. The zero-order chi connectivity index (χ0) is 13.7. The first-order valence-electron chi connectivity index (χ1n) is 6.49. The lowest BCUT2D eigenvalue weighted by Crippen LogP contribution is -2.41. The Labute approximate surface area is 121 Å². The minimum absolute atomic E-state index is 0. The lowest BCUT2D eigenvalue weighted by atomic mass is 10.1. The van der Waals surface area contributed by atoms with Gasteiger partial charge in [0, 0.05) is 19.3 Å². The van der Waals surface area contributed by atoms with Gasteiger partial charge >= 0.3 is 0 Å². The standard InChI is InChI=1S/C13H24N4O.ClH/c1-5-6-12(14)13(18)15-8-7-11-9(2)16-17(4)10(11)3;/h12H,5-8,14H2,1-4H3,(H,15,18);1H. The van der Waals surface area contributed by atoms with Gasteiger partial charge in [-0.15, -0.1) is 12.4 Å². The Balaban J connectivity index is 0.00000324. The van der Waals surface area contributed by atoms with E-state index in [4.69, 9.17) is 5.73 Å². The smallest absolute Gasteiger partial charge is 0.236 e. The van der Waals surface area contributed by atoms with Crippen LogP contribution in [0, 0.1) is 13.8 Å². The molecule has 0 aliphatic heterocycles. The van der Waals surface area contributed by atoms with Gasteiger partial charge in [-0.25, -0.2) is 0 Å². The maximum Gasteiger partial charge on any atom is 0.236 e. The number of hydrogen-bond acceptors (Lipinski definition) is 3. The largest absolute Gasteiger partial charge is 0.354 e. The van der Waals surface area contributed by atoms with E-state index in [1.54, 1.807) is 0 Å². The summed E-state index contributed by atoms with van der Waals surface area (Å²) in [5.74, 6) is -0.0592. The van der Waals surface area contributed by atoms with E-state index in [1.165, 1.54) is 5.56 Å². The molecule has 1 aromatic heterocycles. The highest BCUT2D eigenvalue weighted by Crippen LogP contribution is 2.11. The zero-order valence-corrected chi connectivity index (χ0v) is 13.0. The summed E-state index contributed by atoms with van der Waals surface area (Å²) in [4.78, 5) is 11.6. The van der Waals surface area contributed by atoms with E-state index in [1.807, 2.05) is 32.5 Å². The van der Waals surface area contributed by atoms with Gasteiger partial charge < -0.3 is 11.1 Å². The van der Waals surface area contributed by atoms with Crippen molar-refractivity contribution in [2.24, 2.45) is 12.8 Å². The highest BCUT2D eigenvalue weighted by molar-refractivity contribution is 5.85. The molecule has 0 saturated carbocycles. The number of carbonyl (C=O) groups is 1. The molecule has 0 saturated heterocycles. The van der Waals surface area contributed by atoms with Crippen LogP contribution in [0.5, 0.6) is 0 Å². The molecule has 0 spiro atoms. The van der Waals surface area contributed by atoms with Crippen LogP contribution in [-0.2, 0) is 18.3 Å². The fourth-order valence-electron chi connectivity index (χ4n) is 2.06. The van der Waals surface area contributed by atoms with Crippen LogP contribution >= 0.6 is 12.4 Å². The first-order chi connectivity index (χ1) is 8.47. The van der Waals surface area contributed by atoms with Crippen LogP contribution < -0.4 is 11.1 Å². The summed E-state index contributed by atoms with van der Waals surface area (Å²) in [5, 5.41) is 7.23. The molecule has 1 amide bonds. The normalized spacial score (nSPS) is 11.8. The number of aryl methyl sites for hydroxylation is 2. The van der Waals surface area contributed by atoms with Crippen molar-refractivity contribution >= 4 is 18.3 Å². The number of rotatable bonds is 6. The second-order valence-corrected chi connectivity index (χ2v) is 4.71. The van der Waals surface area contributed by atoms with E-state index >= 15 is 0 Å². The maximum atomic E-state index is 11.6. The van der Waals surface area contributed by atoms with Crippen molar-refractivity contribution in [3.8, 4) is 0 Å². The van der Waals surface area contributed by atoms with E-state index < -0.39 is 0 Å². The lowest BCUT2D eigenvalue weighted by Gasteiger charge is -2.11. The van der Waals surface area contributed by atoms with Crippen molar-refractivity contribution in [2.75, 3.05) is 6.54 Å². The summed E-state index contributed by atoms with van der Waals surface area (Å²) in [5.41, 5.74) is 9.13. The molecule has 1 rings (SSSR count). The number of halogens is 1. The zero-order valence-electron chi connectivity index (χ0n) is 12.2. The minimum Gasteiger partial charge on any atom is -0.354 e. The van der Waals surface area contributed by atoms with Crippen LogP contribution in [0.1, 0.15) is 36.7 Å². The van der Waals surface area contributed by atoms with Crippen LogP contribution in [0.4, 0.5) is 0 Å². The first-order valence-corrected chi connectivity index (χ1v) is 6.49. The van der Waals surface area contributed by atoms with Crippen LogP contribution in [0.2, 0.25) is 0 Å². The Morgan fingerprint density at radius 3 is 2.58 bits per heavy atom. The summed E-state index contributed by atoms with van der Waals surface area (Å²) in [7, 11) is 1.93. The molecule has 0 radical (unpaired) electrons. The summed E-state index contributed by atoms with van der Waals surface area (Å²) < 4.78 is 1.87. The molecule has 3 N–H and O–H groups in total. The van der Waals surface area contributed by atoms with E-state index in [-0.39, 0.29) is 24.4 Å². The molecule has 0 aliphatic carbocycles. The van der Waals surface area contributed by atoms with Crippen molar-refractivity contribution < 1.29 is 4.79 Å². The van der Waals surface area contributed by atoms with Crippen molar-refractivity contribution in [3.63, 3.8) is 0 Å². The number of hydrogen-bond donors (Lipinski definition) is 2. The number of carbonyl (C=O) groups excluding carboxylic acids is 1. The monoisotopic (exact) mass is 288 g/mol. The summed E-state index contributed by atoms with van der Waals surface area (Å²) in [6.45, 7) is 6.67. The Morgan fingerprint density at radius 1 is 1.47 bits per heavy atom. The number of aromatic nitrogens is 2. The van der Waals surface area contributed by atoms with Crippen LogP contribution in [0.3, 0.4) is 0 Å². The predicted molar refractivity (Wildman–Crippen MR) is 79.5 cm³/mol. The van der Waals surface area contributed by atoms with E-state index in [0.717, 1.165) is 30.7 Å². The minimum atomic E-state index is -0.383. The van der Waals surface area contributed by atoms with Gasteiger partial charge in [-0.2, -0.15) is 5.10 Å². The molecule has 110 valence electrons. The van der Waals surface area contributed by atoms with Gasteiger partial charge in [0.2, 0.25) is 5.91 Å². The molecule has 1 heterocycles. The van der Waals surface area contributed by atoms with E-state index in [0.29, 0.717) is 6.54 Å². The molecule has 1 atom stereocenters. The lowest BCUT2D eigenvalue weighted by molar-refractivity contribution is -0.122. The van der Waals surface area contributed by atoms with Crippen molar-refractivity contribution in [3.05, 3.63) is 17.0 Å². The Morgan fingerprint density at radius 2 is 2.11 bits per heavy atom. The summed E-state index contributed by atoms with van der Waals surface area (Å²) in [6.07, 6.45) is 2.46. The second kappa shape index (κ2) is 8.17. The quantitative estimate of drug-likeness (QED) is 0.827. The third-order valence-electron chi connectivity index (χ3n) is 3.27. The van der Waals surface area contributed by atoms with Crippen molar-refractivity contribution in [2.45, 2.75) is 46.1 Å². The molecule has 0 aromatic carbocycles. The number of nitrogens with zero attached hydrogens (tertiary/aromatic N) is 2. The summed E-state index contributed by atoms with van der Waals surface area (Å²) in [6, 6.07) is -0.383. The van der Waals surface area contributed by atoms with Gasteiger partial charge in [-0.05, 0) is 32.3 Å². The molecule has 5 nitrogen and oxygen atoms in total. The highest BCUT2D eigenvalue weighted by atomic mass is 35.5. The van der Waals surface area contributed by atoms with Crippen molar-refractivity contribution in [1.82, 2.24) is 15.1 Å². The average molecular weight is 289 g/mol. The van der Waals surface area contributed by atoms with Gasteiger partial charge in [-0.1, -0.05) is 13.3 Å². The van der Waals surface area contributed by atoms with Gasteiger partial charge in [0.05, 0.1) is 11.7 Å². The van der Waals surface area contributed by atoms with Crippen LogP contribution in [0.25, 0.3) is 0 Å². The number of amides is 1. The molecule has 0 aliphatic rings. The fraction of sp³-hybridized carbons (Fsp3) is 0.692. The third-order valence-corrected chi connectivity index (χ3v) is 3.27. The molecular formula is C13H25ClN4O. The average Bonchev–Trinajstić information content (AvgIpc) is 2.55. The Bertz CT molecular complexity index is 417. The van der Waals surface area contributed by atoms with Crippen LogP contribution in [-0.4, -0.2) is 28.3 Å². The van der Waals surface area contributed by atoms with Crippen molar-refractivity contribution in [1.29, 1.82) is 0 Å². The van der Waals surface area contributed by atoms with Gasteiger partial charge in [-0.3, -0.25) is 9.48 Å². The fourth-order valence-corrected chi connectivity index (χ4v) is 2.06. The predicted octanol–water partition coefficient (Wildman–Crippen LogP) is 1.24. The Kier molecular flexibility index (Phi) is 7.71. The Hall–Kier alpha value is -1.07. The van der Waals surface area contributed by atoms with Gasteiger partial charge in [0.25, 0.3) is 0 Å². The second-order valence-electron chi connectivity index (χ2n) is 4.71. The van der Waals surface area contributed by atoms with E-state index in [9.17, 15) is 4.79 Å². The van der Waals surface area contributed by atoms with Crippen LogP contribution in [0.15, 0.2) is 0 Å². The summed E-state index contributed by atoms with van der Waals surface area (Å²) >= 11 is 0. The molecule has 0 fully saturated rings. The first kappa shape index (κ1) is 17.9. The molecule has 19 heavy (non-hydrogen) atoms. The third kappa shape index (κ3) is 4.84. The molecular weight excluding hydrogens is 264 g/mol. The maximum absolute atomic E-state index is 11.6. The van der Waals surface area contributed by atoms with Gasteiger partial charge in [0.1, 0.15) is 0 Å². The number of nitrogens with one attached hydrogen (secondary N) is 1. The highest BCUT2D eigenvalue weighted by Gasteiger charge is 2.13. The molecule has 6 heteroatoms.